The first kappa shape index (κ1) is 43.8. The number of methoxy groups -OCH3 is 3. The maximum Gasteiger partial charge on any atom is 0.410 e. The van der Waals surface area contributed by atoms with Crippen LogP contribution >= 0.6 is 0 Å². The van der Waals surface area contributed by atoms with Gasteiger partial charge in [-0.05, 0) is 98.3 Å². The second kappa shape index (κ2) is 21.0. The number of benzene rings is 2. The summed E-state index contributed by atoms with van der Waals surface area (Å²) in [6.45, 7) is 9.51. The summed E-state index contributed by atoms with van der Waals surface area (Å²) in [5, 5.41) is 0. The van der Waals surface area contributed by atoms with Gasteiger partial charge in [-0.15, -0.1) is 0 Å². The van der Waals surface area contributed by atoms with Crippen LogP contribution in [0.2, 0.25) is 0 Å². The average molecular weight is 836 g/mol. The zero-order valence-corrected chi connectivity index (χ0v) is 35.5. The number of hydrogen-bond donors (Lipinski definition) is 0. The Morgan fingerprint density at radius 3 is 1.48 bits per heavy atom. The summed E-state index contributed by atoms with van der Waals surface area (Å²) in [7, 11) is 4.74. The summed E-state index contributed by atoms with van der Waals surface area (Å²) in [4.78, 5) is 41.2. The van der Waals surface area contributed by atoms with Gasteiger partial charge in [0.15, 0.2) is 0 Å². The molecule has 0 saturated carbocycles. The number of fused-ring (bicyclic) bond motifs is 2. The van der Waals surface area contributed by atoms with Gasteiger partial charge >= 0.3 is 6.09 Å². The van der Waals surface area contributed by atoms with Crippen LogP contribution in [0.1, 0.15) is 53.4 Å². The Morgan fingerprint density at radius 1 is 0.541 bits per heavy atom. The standard InChI is InChI=1S/C24H25N3O5.C22H28N2O5/c1-29-21-6-8-23(26-15-21)32-12-11-31-20-5-3-17-9-10-27(16-19(17)13-20)24(28)18-4-7-22(30-2)25-14-18;1-22(2,3)29-21(25)24-10-9-16-5-6-18(13-17(16)15-24)27-11-12-28-20-8-7-19(26-4)14-23-20/h3-8,13-15H,9-12,16H2,1-2H3;5-8,13-14H,9-12,15H2,1-4H3. The molecule has 5 heterocycles. The van der Waals surface area contributed by atoms with E-state index in [0.717, 1.165) is 35.5 Å². The average Bonchev–Trinajstić information content (AvgIpc) is 3.28. The van der Waals surface area contributed by atoms with Crippen molar-refractivity contribution in [3.8, 4) is 40.6 Å². The van der Waals surface area contributed by atoms with Crippen molar-refractivity contribution in [1.29, 1.82) is 0 Å². The van der Waals surface area contributed by atoms with Gasteiger partial charge in [0.1, 0.15) is 55.0 Å². The molecule has 0 unspecified atom stereocenters. The van der Waals surface area contributed by atoms with Crippen molar-refractivity contribution >= 4 is 12.0 Å². The summed E-state index contributed by atoms with van der Waals surface area (Å²) in [6, 6.07) is 22.5. The van der Waals surface area contributed by atoms with Crippen LogP contribution < -0.4 is 33.2 Å². The zero-order valence-electron chi connectivity index (χ0n) is 35.5. The zero-order chi connectivity index (χ0) is 43.2. The molecule has 0 spiro atoms. The number of carbonyl (C=O) groups excluding carboxylic acids is 2. The van der Waals surface area contributed by atoms with Crippen LogP contribution in [-0.4, -0.2) is 103 Å². The van der Waals surface area contributed by atoms with E-state index in [0.29, 0.717) is 87.3 Å². The molecule has 5 aromatic rings. The molecule has 61 heavy (non-hydrogen) atoms. The second-order valence-corrected chi connectivity index (χ2v) is 15.0. The fourth-order valence-electron chi connectivity index (χ4n) is 6.47. The van der Waals surface area contributed by atoms with E-state index < -0.39 is 5.60 Å². The summed E-state index contributed by atoms with van der Waals surface area (Å²) < 4.78 is 43.5. The number of hydrogen-bond acceptors (Lipinski definition) is 13. The van der Waals surface area contributed by atoms with Crippen molar-refractivity contribution in [3.63, 3.8) is 0 Å². The summed E-state index contributed by atoms with van der Waals surface area (Å²) in [6.07, 6.45) is 6.09. The second-order valence-electron chi connectivity index (χ2n) is 15.0. The van der Waals surface area contributed by atoms with Gasteiger partial charge in [-0.1, -0.05) is 12.1 Å². The quantitative estimate of drug-likeness (QED) is 0.106. The van der Waals surface area contributed by atoms with E-state index in [2.05, 4.69) is 27.1 Å². The van der Waals surface area contributed by atoms with E-state index in [4.69, 9.17) is 37.9 Å². The van der Waals surface area contributed by atoms with Crippen molar-refractivity contribution in [1.82, 2.24) is 24.8 Å². The molecule has 0 atom stereocenters. The van der Waals surface area contributed by atoms with Gasteiger partial charge in [0.25, 0.3) is 5.91 Å². The summed E-state index contributed by atoms with van der Waals surface area (Å²) >= 11 is 0. The van der Waals surface area contributed by atoms with Gasteiger partial charge in [-0.3, -0.25) is 4.79 Å². The van der Waals surface area contributed by atoms with E-state index in [1.165, 1.54) is 11.1 Å². The third-order valence-electron chi connectivity index (χ3n) is 9.61. The molecule has 15 nitrogen and oxygen atoms in total. The molecule has 7 rings (SSSR count). The molecule has 0 bridgehead atoms. The third kappa shape index (κ3) is 12.9. The number of amides is 2. The molecule has 322 valence electrons. The van der Waals surface area contributed by atoms with E-state index >= 15 is 0 Å². The SMILES string of the molecule is COc1ccc(OCCOc2ccc3c(c2)CN(C(=O)OC(C)(C)C)CC3)nc1.COc1ccc(OCCOc2ccc3c(c2)CN(C(=O)c2ccc(OC)nc2)CC3)nc1. The molecule has 3 aromatic heterocycles. The molecule has 0 aliphatic carbocycles. The lowest BCUT2D eigenvalue weighted by Crippen LogP contribution is -2.39. The van der Waals surface area contributed by atoms with Crippen LogP contribution in [0.3, 0.4) is 0 Å². The molecule has 2 amide bonds. The van der Waals surface area contributed by atoms with Crippen molar-refractivity contribution in [2.24, 2.45) is 0 Å². The maximum absolute atomic E-state index is 12.9. The van der Waals surface area contributed by atoms with Gasteiger partial charge < -0.3 is 47.7 Å². The first-order valence-electron chi connectivity index (χ1n) is 20.0. The minimum absolute atomic E-state index is 0.0440. The molecule has 0 saturated heterocycles. The molecule has 0 radical (unpaired) electrons. The van der Waals surface area contributed by atoms with Crippen LogP contribution in [0.5, 0.6) is 40.6 Å². The maximum atomic E-state index is 12.9. The Balaban J connectivity index is 0.000000205. The minimum atomic E-state index is -0.499. The molecular formula is C46H53N5O10. The predicted molar refractivity (Wildman–Crippen MR) is 226 cm³/mol. The lowest BCUT2D eigenvalue weighted by atomic mass is 9.99. The van der Waals surface area contributed by atoms with Crippen LogP contribution in [0.15, 0.2) is 91.4 Å². The van der Waals surface area contributed by atoms with E-state index in [1.807, 2.05) is 49.9 Å². The van der Waals surface area contributed by atoms with Crippen molar-refractivity contribution in [2.75, 3.05) is 60.8 Å². The van der Waals surface area contributed by atoms with Crippen molar-refractivity contribution in [3.05, 3.63) is 119 Å². The Morgan fingerprint density at radius 2 is 1.02 bits per heavy atom. The first-order valence-corrected chi connectivity index (χ1v) is 20.0. The highest BCUT2D eigenvalue weighted by Gasteiger charge is 2.26. The highest BCUT2D eigenvalue weighted by Crippen LogP contribution is 2.27. The molecule has 2 aliphatic heterocycles. The van der Waals surface area contributed by atoms with Gasteiger partial charge in [0.05, 0.1) is 39.3 Å². The smallest absolute Gasteiger partial charge is 0.410 e. The molecule has 0 N–H and O–H groups in total. The summed E-state index contributed by atoms with van der Waals surface area (Å²) in [5.41, 5.74) is 4.68. The first-order chi connectivity index (χ1) is 29.5. The number of pyridine rings is 3. The van der Waals surface area contributed by atoms with Crippen LogP contribution in [0.25, 0.3) is 0 Å². The van der Waals surface area contributed by atoms with Crippen LogP contribution in [0, 0.1) is 0 Å². The Labute approximate surface area is 356 Å². The van der Waals surface area contributed by atoms with Crippen LogP contribution in [-0.2, 0) is 30.7 Å². The Hall–Kier alpha value is -6.77. The molecule has 0 fully saturated rings. The van der Waals surface area contributed by atoms with E-state index in [-0.39, 0.29) is 12.0 Å². The van der Waals surface area contributed by atoms with Crippen LogP contribution in [0.4, 0.5) is 4.79 Å². The lowest BCUT2D eigenvalue weighted by Gasteiger charge is -2.31. The van der Waals surface area contributed by atoms with Crippen molar-refractivity contribution < 1.29 is 47.5 Å². The fourth-order valence-corrected chi connectivity index (χ4v) is 6.47. The monoisotopic (exact) mass is 835 g/mol. The molecular weight excluding hydrogens is 783 g/mol. The topological polar surface area (TPSA) is 153 Å². The van der Waals surface area contributed by atoms with Gasteiger partial charge in [0, 0.05) is 50.6 Å². The number of ether oxygens (including phenoxy) is 8. The highest BCUT2D eigenvalue weighted by atomic mass is 16.6. The Kier molecular flexibility index (Phi) is 15.1. The fraction of sp³-hybridized carbons (Fsp3) is 0.370. The molecule has 2 aliphatic rings. The van der Waals surface area contributed by atoms with Gasteiger partial charge in [0.2, 0.25) is 17.6 Å². The highest BCUT2D eigenvalue weighted by molar-refractivity contribution is 5.94. The predicted octanol–water partition coefficient (Wildman–Crippen LogP) is 6.99. The third-order valence-corrected chi connectivity index (χ3v) is 9.61. The largest absolute Gasteiger partial charge is 0.495 e. The summed E-state index contributed by atoms with van der Waals surface area (Å²) in [5.74, 6) is 4.34. The van der Waals surface area contributed by atoms with Gasteiger partial charge in [-0.2, -0.15) is 0 Å². The van der Waals surface area contributed by atoms with Gasteiger partial charge in [-0.25, -0.2) is 19.7 Å². The lowest BCUT2D eigenvalue weighted by molar-refractivity contribution is 0.0223. The molecule has 2 aromatic carbocycles. The van der Waals surface area contributed by atoms with E-state index in [1.54, 1.807) is 81.2 Å². The number of aromatic nitrogens is 3. The number of nitrogens with zero attached hydrogens (tertiary/aromatic N) is 5. The normalized spacial score (nSPS) is 13.0. The molecule has 15 heteroatoms. The van der Waals surface area contributed by atoms with E-state index in [9.17, 15) is 9.59 Å². The number of carbonyl (C=O) groups is 2. The Bertz CT molecular complexity index is 2200. The van der Waals surface area contributed by atoms with Crippen molar-refractivity contribution in [2.45, 2.75) is 52.3 Å². The minimum Gasteiger partial charge on any atom is -0.495 e. The number of rotatable bonds is 14.